The van der Waals surface area contributed by atoms with E-state index < -0.39 is 0 Å². The van der Waals surface area contributed by atoms with Crippen LogP contribution in [0.15, 0.2) is 24.3 Å². The number of halogens is 1. The molecule has 20 heavy (non-hydrogen) atoms. The van der Waals surface area contributed by atoms with Gasteiger partial charge in [0.15, 0.2) is 0 Å². The number of benzene rings is 1. The topological polar surface area (TPSA) is 59.6 Å². The minimum atomic E-state index is -0.389. The van der Waals surface area contributed by atoms with Gasteiger partial charge in [-0.25, -0.2) is 0 Å². The van der Waals surface area contributed by atoms with Gasteiger partial charge < -0.3 is 20.1 Å². The van der Waals surface area contributed by atoms with Crippen molar-refractivity contribution in [2.75, 3.05) is 32.8 Å². The minimum Gasteiger partial charge on any atom is -0.375 e. The van der Waals surface area contributed by atoms with Crippen molar-refractivity contribution in [2.45, 2.75) is 12.7 Å². The van der Waals surface area contributed by atoms with Crippen LogP contribution in [0.1, 0.15) is 5.56 Å². The zero-order chi connectivity index (χ0) is 14.2. The van der Waals surface area contributed by atoms with Crippen molar-refractivity contribution in [3.63, 3.8) is 0 Å². The molecule has 1 aliphatic heterocycles. The Morgan fingerprint density at radius 2 is 2.25 bits per heavy atom. The van der Waals surface area contributed by atoms with Crippen LogP contribution in [0.5, 0.6) is 0 Å². The number of rotatable bonds is 6. The Hall–Kier alpha value is -1.14. The summed E-state index contributed by atoms with van der Waals surface area (Å²) in [4.78, 5) is 11.7. The molecule has 1 aliphatic rings. The zero-order valence-corrected chi connectivity index (χ0v) is 12.0. The van der Waals surface area contributed by atoms with Crippen molar-refractivity contribution in [1.29, 1.82) is 0 Å². The highest BCUT2D eigenvalue weighted by Gasteiger charge is 2.20. The molecule has 110 valence electrons. The van der Waals surface area contributed by atoms with E-state index in [0.29, 0.717) is 37.9 Å². The lowest BCUT2D eigenvalue weighted by Crippen LogP contribution is -2.48. The number of ether oxygens (including phenoxy) is 2. The monoisotopic (exact) mass is 298 g/mol. The van der Waals surface area contributed by atoms with Crippen LogP contribution < -0.4 is 10.6 Å². The van der Waals surface area contributed by atoms with Gasteiger partial charge in [0.1, 0.15) is 6.10 Å². The summed E-state index contributed by atoms with van der Waals surface area (Å²) in [7, 11) is 0. The Kier molecular flexibility index (Phi) is 6.26. The van der Waals surface area contributed by atoms with Crippen molar-refractivity contribution < 1.29 is 14.3 Å². The fraction of sp³-hybridized carbons (Fsp3) is 0.500. The van der Waals surface area contributed by atoms with Gasteiger partial charge in [-0.05, 0) is 17.7 Å². The van der Waals surface area contributed by atoms with Gasteiger partial charge in [-0.15, -0.1) is 0 Å². The number of carbonyl (C=O) groups is 1. The molecular formula is C14H19ClN2O3. The van der Waals surface area contributed by atoms with E-state index in [4.69, 9.17) is 21.1 Å². The van der Waals surface area contributed by atoms with Gasteiger partial charge in [0.25, 0.3) is 5.91 Å². The first kappa shape index (κ1) is 15.3. The molecule has 1 atom stereocenters. The summed E-state index contributed by atoms with van der Waals surface area (Å²) >= 11 is 5.80. The molecule has 6 heteroatoms. The van der Waals surface area contributed by atoms with E-state index in [-0.39, 0.29) is 12.0 Å². The lowest BCUT2D eigenvalue weighted by atomic mass is 10.2. The third-order valence-electron chi connectivity index (χ3n) is 2.95. The maximum atomic E-state index is 11.7. The summed E-state index contributed by atoms with van der Waals surface area (Å²) in [6.07, 6.45) is -0.389. The molecule has 0 unspecified atom stereocenters. The fourth-order valence-electron chi connectivity index (χ4n) is 1.86. The van der Waals surface area contributed by atoms with Crippen LogP contribution in [-0.4, -0.2) is 44.9 Å². The molecule has 5 nitrogen and oxygen atoms in total. The second-order valence-corrected chi connectivity index (χ2v) is 4.97. The second kappa shape index (κ2) is 8.21. The smallest absolute Gasteiger partial charge is 0.250 e. The van der Waals surface area contributed by atoms with E-state index in [2.05, 4.69) is 10.6 Å². The second-order valence-electron chi connectivity index (χ2n) is 4.53. The van der Waals surface area contributed by atoms with Gasteiger partial charge in [-0.1, -0.05) is 23.7 Å². The van der Waals surface area contributed by atoms with E-state index in [1.54, 1.807) is 0 Å². The van der Waals surface area contributed by atoms with Crippen LogP contribution in [0, 0.1) is 0 Å². The molecule has 2 rings (SSSR count). The molecule has 1 amide bonds. The molecule has 0 aromatic heterocycles. The van der Waals surface area contributed by atoms with Crippen LogP contribution in [-0.2, 0) is 20.9 Å². The average Bonchev–Trinajstić information content (AvgIpc) is 2.49. The predicted molar refractivity (Wildman–Crippen MR) is 76.7 cm³/mol. The Balaban J connectivity index is 1.57. The van der Waals surface area contributed by atoms with E-state index >= 15 is 0 Å². The lowest BCUT2D eigenvalue weighted by Gasteiger charge is -2.22. The van der Waals surface area contributed by atoms with Crippen LogP contribution in [0.3, 0.4) is 0 Å². The zero-order valence-electron chi connectivity index (χ0n) is 11.2. The number of nitrogens with one attached hydrogen (secondary N) is 2. The van der Waals surface area contributed by atoms with Crippen molar-refractivity contribution in [3.05, 3.63) is 34.9 Å². The van der Waals surface area contributed by atoms with Crippen molar-refractivity contribution in [1.82, 2.24) is 10.6 Å². The Morgan fingerprint density at radius 1 is 1.45 bits per heavy atom. The number of hydrogen-bond acceptors (Lipinski definition) is 4. The third-order valence-corrected chi connectivity index (χ3v) is 3.20. The third kappa shape index (κ3) is 5.09. The first-order chi connectivity index (χ1) is 9.75. The highest BCUT2D eigenvalue weighted by molar-refractivity contribution is 6.30. The van der Waals surface area contributed by atoms with Gasteiger partial charge in [0.2, 0.25) is 0 Å². The summed E-state index contributed by atoms with van der Waals surface area (Å²) in [5.74, 6) is -0.0905. The number of carbonyl (C=O) groups excluding carboxylic acids is 1. The summed E-state index contributed by atoms with van der Waals surface area (Å²) in [5, 5.41) is 6.62. The average molecular weight is 299 g/mol. The molecule has 1 saturated heterocycles. The van der Waals surface area contributed by atoms with Gasteiger partial charge >= 0.3 is 0 Å². The first-order valence-electron chi connectivity index (χ1n) is 6.68. The van der Waals surface area contributed by atoms with E-state index in [1.165, 1.54) is 0 Å². The van der Waals surface area contributed by atoms with Crippen molar-refractivity contribution >= 4 is 17.5 Å². The molecule has 1 aromatic rings. The van der Waals surface area contributed by atoms with E-state index in [0.717, 1.165) is 12.1 Å². The summed E-state index contributed by atoms with van der Waals surface area (Å²) in [5.41, 5.74) is 1.06. The van der Waals surface area contributed by atoms with Crippen LogP contribution in [0.25, 0.3) is 0 Å². The maximum absolute atomic E-state index is 11.7. The minimum absolute atomic E-state index is 0.0905. The predicted octanol–water partition coefficient (Wildman–Crippen LogP) is 0.961. The molecule has 1 fully saturated rings. The number of morpholine rings is 1. The molecule has 1 heterocycles. The maximum Gasteiger partial charge on any atom is 0.250 e. The Bertz CT molecular complexity index is 419. The van der Waals surface area contributed by atoms with E-state index in [9.17, 15) is 4.79 Å². The van der Waals surface area contributed by atoms with Crippen LogP contribution in [0.4, 0.5) is 0 Å². The highest BCUT2D eigenvalue weighted by atomic mass is 35.5. The van der Waals surface area contributed by atoms with Crippen LogP contribution in [0.2, 0.25) is 5.02 Å². The Labute approximate surface area is 123 Å². The SMILES string of the molecule is O=C(NCCOCc1ccc(Cl)cc1)[C@@H]1CNCCO1. The van der Waals surface area contributed by atoms with Gasteiger partial charge in [-0.3, -0.25) is 4.79 Å². The molecule has 0 bridgehead atoms. The van der Waals surface area contributed by atoms with Gasteiger partial charge in [0.05, 0.1) is 19.8 Å². The van der Waals surface area contributed by atoms with E-state index in [1.807, 2.05) is 24.3 Å². The molecule has 1 aromatic carbocycles. The van der Waals surface area contributed by atoms with Crippen molar-refractivity contribution in [2.24, 2.45) is 0 Å². The molecular weight excluding hydrogens is 280 g/mol. The molecule has 0 spiro atoms. The quantitative estimate of drug-likeness (QED) is 0.768. The van der Waals surface area contributed by atoms with Gasteiger partial charge in [-0.2, -0.15) is 0 Å². The summed E-state index contributed by atoms with van der Waals surface area (Å²) in [6, 6.07) is 7.50. The fourth-order valence-corrected chi connectivity index (χ4v) is 1.99. The van der Waals surface area contributed by atoms with Crippen molar-refractivity contribution in [3.8, 4) is 0 Å². The molecule has 0 radical (unpaired) electrons. The molecule has 2 N–H and O–H groups in total. The first-order valence-corrected chi connectivity index (χ1v) is 7.06. The number of hydrogen-bond donors (Lipinski definition) is 2. The summed E-state index contributed by atoms with van der Waals surface area (Å²) in [6.45, 7) is 3.39. The standard InChI is InChI=1S/C14H19ClN2O3/c15-12-3-1-11(2-4-12)10-19-7-6-17-14(18)13-9-16-5-8-20-13/h1-4,13,16H,5-10H2,(H,17,18)/t13-/m0/s1. The molecule has 0 saturated carbocycles. The van der Waals surface area contributed by atoms with Gasteiger partial charge in [0, 0.05) is 24.7 Å². The summed E-state index contributed by atoms with van der Waals surface area (Å²) < 4.78 is 10.8. The Morgan fingerprint density at radius 3 is 2.95 bits per heavy atom. The largest absolute Gasteiger partial charge is 0.375 e. The lowest BCUT2D eigenvalue weighted by molar-refractivity contribution is -0.134. The highest BCUT2D eigenvalue weighted by Crippen LogP contribution is 2.09. The molecule has 0 aliphatic carbocycles. The van der Waals surface area contributed by atoms with Crippen LogP contribution >= 0.6 is 11.6 Å². The number of amides is 1. The normalized spacial score (nSPS) is 18.8.